The summed E-state index contributed by atoms with van der Waals surface area (Å²) in [5.41, 5.74) is 15.9. The van der Waals surface area contributed by atoms with E-state index in [0.29, 0.717) is 5.95 Å². The molecule has 0 aliphatic carbocycles. The lowest BCUT2D eigenvalue weighted by Crippen LogP contribution is -2.52. The van der Waals surface area contributed by atoms with Crippen LogP contribution in [0.4, 0.5) is 17.5 Å². The third-order valence-corrected chi connectivity index (χ3v) is 6.48. The Morgan fingerprint density at radius 2 is 2.10 bits per heavy atom. The maximum Gasteiger partial charge on any atom is 0.229 e. The molecule has 1 unspecified atom stereocenters. The summed E-state index contributed by atoms with van der Waals surface area (Å²) in [7, 11) is 1.92. The molecule has 1 aromatic heterocycles. The number of hydrazine groups is 1. The highest BCUT2D eigenvalue weighted by Gasteiger charge is 2.43. The largest absolute Gasteiger partial charge is 0.324 e. The summed E-state index contributed by atoms with van der Waals surface area (Å²) in [5.74, 6) is 1.30. The molecule has 0 amide bonds. The van der Waals surface area contributed by atoms with Gasteiger partial charge in [-0.05, 0) is 54.8 Å². The molecule has 154 valence electrons. The van der Waals surface area contributed by atoms with Gasteiger partial charge < -0.3 is 16.4 Å². The van der Waals surface area contributed by atoms with Crippen molar-refractivity contribution in [2.75, 3.05) is 23.9 Å². The van der Waals surface area contributed by atoms with Gasteiger partial charge in [0.2, 0.25) is 5.95 Å². The number of nitrogens with one attached hydrogen (secondary N) is 3. The Hall–Kier alpha value is -2.52. The van der Waals surface area contributed by atoms with E-state index in [-0.39, 0.29) is 0 Å². The van der Waals surface area contributed by atoms with Gasteiger partial charge in [0, 0.05) is 35.5 Å². The predicted molar refractivity (Wildman–Crippen MR) is 123 cm³/mol. The molecule has 7 nitrogen and oxygen atoms in total. The summed E-state index contributed by atoms with van der Waals surface area (Å²) in [6.45, 7) is 3.98. The standard InChI is InChI=1S/C22H24BrN7/c1-13-4-3-5-18(23)19(13)22(24)17-12-26-21(28-20(17)30(2)29-22)27-16-7-6-14-8-9-25-11-15(14)10-16/h3-7,10,12,25,29H,8-9,11,24H2,1-2H3,(H,26,27,28). The molecule has 3 heterocycles. The minimum Gasteiger partial charge on any atom is -0.324 e. The molecule has 0 saturated heterocycles. The van der Waals surface area contributed by atoms with Crippen LogP contribution in [0.5, 0.6) is 0 Å². The molecule has 2 aromatic carbocycles. The first-order chi connectivity index (χ1) is 14.5. The number of hydrogen-bond acceptors (Lipinski definition) is 7. The summed E-state index contributed by atoms with van der Waals surface area (Å²) < 4.78 is 0.948. The SMILES string of the molecule is Cc1cccc(Br)c1C1(N)NN(C)c2nc(Nc3ccc4c(c3)CNCC4)ncc21. The van der Waals surface area contributed by atoms with Crippen molar-refractivity contribution in [3.8, 4) is 0 Å². The second-order valence-corrected chi connectivity index (χ2v) is 8.73. The molecule has 0 spiro atoms. The Labute approximate surface area is 184 Å². The second-order valence-electron chi connectivity index (χ2n) is 7.88. The quantitative estimate of drug-likeness (QED) is 0.472. The van der Waals surface area contributed by atoms with E-state index in [9.17, 15) is 0 Å². The molecule has 0 saturated carbocycles. The lowest BCUT2D eigenvalue weighted by molar-refractivity contribution is 0.442. The third-order valence-electron chi connectivity index (χ3n) is 5.82. The van der Waals surface area contributed by atoms with Crippen LogP contribution < -0.4 is 26.8 Å². The highest BCUT2D eigenvalue weighted by Crippen LogP contribution is 2.40. The number of anilines is 3. The molecular weight excluding hydrogens is 442 g/mol. The molecule has 5 N–H and O–H groups in total. The van der Waals surface area contributed by atoms with Crippen molar-refractivity contribution < 1.29 is 0 Å². The number of aryl methyl sites for hydroxylation is 1. The Kier molecular flexibility index (Phi) is 4.74. The van der Waals surface area contributed by atoms with E-state index in [4.69, 9.17) is 10.7 Å². The number of aromatic nitrogens is 2. The average Bonchev–Trinajstić information content (AvgIpc) is 2.98. The number of fused-ring (bicyclic) bond motifs is 2. The van der Waals surface area contributed by atoms with Gasteiger partial charge in [-0.25, -0.2) is 10.4 Å². The minimum absolute atomic E-state index is 0.541. The van der Waals surface area contributed by atoms with Gasteiger partial charge in [-0.15, -0.1) is 0 Å². The summed E-state index contributed by atoms with van der Waals surface area (Å²) in [4.78, 5) is 9.32. The number of nitrogens with two attached hydrogens (primary N) is 1. The van der Waals surface area contributed by atoms with Crippen LogP contribution >= 0.6 is 15.9 Å². The van der Waals surface area contributed by atoms with Crippen LogP contribution in [-0.2, 0) is 18.6 Å². The molecule has 8 heteroatoms. The molecule has 0 fully saturated rings. The normalized spacial score (nSPS) is 20.1. The van der Waals surface area contributed by atoms with Crippen LogP contribution in [0, 0.1) is 6.92 Å². The fourth-order valence-electron chi connectivity index (χ4n) is 4.35. The van der Waals surface area contributed by atoms with E-state index in [2.05, 4.69) is 68.2 Å². The van der Waals surface area contributed by atoms with Crippen molar-refractivity contribution in [3.05, 3.63) is 74.9 Å². The zero-order valence-corrected chi connectivity index (χ0v) is 18.5. The summed E-state index contributed by atoms with van der Waals surface area (Å²) >= 11 is 3.66. The van der Waals surface area contributed by atoms with Crippen molar-refractivity contribution in [1.29, 1.82) is 0 Å². The predicted octanol–water partition coefficient (Wildman–Crippen LogP) is 3.05. The molecule has 3 aromatic rings. The molecule has 30 heavy (non-hydrogen) atoms. The van der Waals surface area contributed by atoms with Gasteiger partial charge in [-0.3, -0.25) is 5.01 Å². The second kappa shape index (κ2) is 7.31. The van der Waals surface area contributed by atoms with Crippen molar-refractivity contribution in [3.63, 3.8) is 0 Å². The molecule has 5 rings (SSSR count). The van der Waals surface area contributed by atoms with Gasteiger partial charge in [0.05, 0.1) is 5.56 Å². The molecule has 0 radical (unpaired) electrons. The first kappa shape index (κ1) is 19.4. The number of hydrogen-bond donors (Lipinski definition) is 4. The van der Waals surface area contributed by atoms with Crippen LogP contribution in [0.2, 0.25) is 0 Å². The van der Waals surface area contributed by atoms with Gasteiger partial charge in [0.15, 0.2) is 5.82 Å². The van der Waals surface area contributed by atoms with Gasteiger partial charge in [0.25, 0.3) is 0 Å². The van der Waals surface area contributed by atoms with E-state index in [0.717, 1.165) is 52.2 Å². The average molecular weight is 466 g/mol. The van der Waals surface area contributed by atoms with Crippen molar-refractivity contribution in [2.45, 2.75) is 25.6 Å². The van der Waals surface area contributed by atoms with Gasteiger partial charge >= 0.3 is 0 Å². The number of benzene rings is 2. The zero-order chi connectivity index (χ0) is 20.9. The third kappa shape index (κ3) is 3.16. The maximum absolute atomic E-state index is 6.87. The molecular formula is C22H24BrN7. The monoisotopic (exact) mass is 465 g/mol. The highest BCUT2D eigenvalue weighted by molar-refractivity contribution is 9.10. The molecule has 2 aliphatic rings. The number of halogens is 1. The smallest absolute Gasteiger partial charge is 0.229 e. The van der Waals surface area contributed by atoms with E-state index in [1.807, 2.05) is 24.2 Å². The topological polar surface area (TPSA) is 91.1 Å². The molecule has 1 atom stereocenters. The summed E-state index contributed by atoms with van der Waals surface area (Å²) in [6.07, 6.45) is 2.87. The van der Waals surface area contributed by atoms with Crippen LogP contribution in [-0.4, -0.2) is 23.6 Å². The maximum atomic E-state index is 6.87. The fourth-order valence-corrected chi connectivity index (χ4v) is 5.13. The lowest BCUT2D eigenvalue weighted by Gasteiger charge is -2.29. The van der Waals surface area contributed by atoms with Crippen LogP contribution in [0.1, 0.15) is 27.8 Å². The number of rotatable bonds is 3. The van der Waals surface area contributed by atoms with Crippen molar-refractivity contribution >= 4 is 33.4 Å². The first-order valence-corrected chi connectivity index (χ1v) is 10.8. The summed E-state index contributed by atoms with van der Waals surface area (Å²) in [6, 6.07) is 12.5. The minimum atomic E-state index is -0.912. The van der Waals surface area contributed by atoms with E-state index < -0.39 is 5.66 Å². The Morgan fingerprint density at radius 3 is 2.93 bits per heavy atom. The Bertz CT molecular complexity index is 1110. The van der Waals surface area contributed by atoms with Crippen LogP contribution in [0.3, 0.4) is 0 Å². The van der Waals surface area contributed by atoms with Crippen LogP contribution in [0.15, 0.2) is 47.1 Å². The van der Waals surface area contributed by atoms with Gasteiger partial charge in [-0.2, -0.15) is 4.98 Å². The Balaban J connectivity index is 1.49. The first-order valence-electron chi connectivity index (χ1n) is 9.99. The molecule has 0 bridgehead atoms. The van der Waals surface area contributed by atoms with E-state index in [1.165, 1.54) is 11.1 Å². The zero-order valence-electron chi connectivity index (χ0n) is 17.0. The lowest BCUT2D eigenvalue weighted by atomic mass is 9.91. The Morgan fingerprint density at radius 1 is 1.23 bits per heavy atom. The van der Waals surface area contributed by atoms with Crippen molar-refractivity contribution in [2.24, 2.45) is 5.73 Å². The van der Waals surface area contributed by atoms with E-state index >= 15 is 0 Å². The van der Waals surface area contributed by atoms with Gasteiger partial charge in [0.1, 0.15) is 5.66 Å². The highest BCUT2D eigenvalue weighted by atomic mass is 79.9. The summed E-state index contributed by atoms with van der Waals surface area (Å²) in [5, 5.41) is 8.61. The van der Waals surface area contributed by atoms with Crippen LogP contribution in [0.25, 0.3) is 0 Å². The van der Waals surface area contributed by atoms with E-state index in [1.54, 1.807) is 6.20 Å². The fraction of sp³-hybridized carbons (Fsp3) is 0.273. The van der Waals surface area contributed by atoms with Crippen molar-refractivity contribution in [1.82, 2.24) is 20.7 Å². The van der Waals surface area contributed by atoms with Gasteiger partial charge in [-0.1, -0.05) is 34.1 Å². The molecule has 2 aliphatic heterocycles. The number of nitrogens with zero attached hydrogens (tertiary/aromatic N) is 3.